The summed E-state index contributed by atoms with van der Waals surface area (Å²) in [5.41, 5.74) is 1.12. The third kappa shape index (κ3) is 16.3. The predicted molar refractivity (Wildman–Crippen MR) is 48.7 cm³/mol. The van der Waals surface area contributed by atoms with Gasteiger partial charge in [-0.25, -0.2) is 4.79 Å². The van der Waals surface area contributed by atoms with Crippen molar-refractivity contribution in [3.8, 4) is 0 Å². The smallest absolute Gasteiger partial charge is 0.154 e. The molecule has 0 spiro atoms. The van der Waals surface area contributed by atoms with E-state index in [2.05, 4.69) is 10.2 Å². The Bertz CT molecular complexity index is 115. The van der Waals surface area contributed by atoms with E-state index in [9.17, 15) is 0 Å². The van der Waals surface area contributed by atoms with Crippen LogP contribution >= 0.6 is 0 Å². The molecule has 3 nitrogen and oxygen atoms in total. The molecule has 0 aliphatic rings. The van der Waals surface area contributed by atoms with Gasteiger partial charge in [0.1, 0.15) is 5.94 Å². The second-order valence-corrected chi connectivity index (χ2v) is 2.03. The SMILES string of the molecule is CCOC(C)OCC.O=C=C[Si]. The largest absolute Gasteiger partial charge is 0.353 e. The number of carbonyl (C=O) groups excluding carboxylic acids is 1. The van der Waals surface area contributed by atoms with Gasteiger partial charge in [-0.1, -0.05) is 0 Å². The molecule has 0 aromatic rings. The van der Waals surface area contributed by atoms with Gasteiger partial charge in [-0.2, -0.15) is 0 Å². The maximum absolute atomic E-state index is 8.94. The summed E-state index contributed by atoms with van der Waals surface area (Å²) in [5.74, 6) is 1.47. The molecule has 0 aromatic carbocycles. The zero-order valence-electron chi connectivity index (χ0n) is 7.79. The van der Waals surface area contributed by atoms with Crippen molar-refractivity contribution in [1.82, 2.24) is 0 Å². The Balaban J connectivity index is 0. The minimum Gasteiger partial charge on any atom is -0.353 e. The fourth-order valence-electron chi connectivity index (χ4n) is 0.518. The molecule has 0 aromatic heterocycles. The summed E-state index contributed by atoms with van der Waals surface area (Å²) in [6.07, 6.45) is -0.0370. The number of rotatable bonds is 4. The second kappa shape index (κ2) is 13.2. The fraction of sp³-hybridized carbons (Fsp3) is 0.750. The average molecular weight is 187 g/mol. The van der Waals surface area contributed by atoms with Gasteiger partial charge in [0.05, 0.1) is 10.2 Å². The first kappa shape index (κ1) is 14.1. The van der Waals surface area contributed by atoms with Gasteiger partial charge >= 0.3 is 0 Å². The second-order valence-electron chi connectivity index (χ2n) is 1.74. The maximum atomic E-state index is 8.94. The van der Waals surface area contributed by atoms with Gasteiger partial charge in [-0.3, -0.25) is 0 Å². The molecule has 69 valence electrons. The number of hydrogen-bond donors (Lipinski definition) is 0. The molecule has 0 unspecified atom stereocenters. The van der Waals surface area contributed by atoms with Crippen LogP contribution in [-0.4, -0.2) is 35.7 Å². The molecule has 4 heteroatoms. The molecule has 0 rings (SSSR count). The minimum absolute atomic E-state index is 0.0370. The van der Waals surface area contributed by atoms with Crippen LogP contribution in [0.4, 0.5) is 0 Å². The molecule has 0 heterocycles. The van der Waals surface area contributed by atoms with Gasteiger partial charge < -0.3 is 9.47 Å². The molecule has 12 heavy (non-hydrogen) atoms. The normalized spacial score (nSPS) is 8.42. The molecule has 0 N–H and O–H groups in total. The molecule has 3 radical (unpaired) electrons. The monoisotopic (exact) mass is 187 g/mol. The summed E-state index contributed by atoms with van der Waals surface area (Å²) >= 11 is 0. The van der Waals surface area contributed by atoms with Gasteiger partial charge in [0.25, 0.3) is 0 Å². The summed E-state index contributed by atoms with van der Waals surface area (Å²) in [5, 5.41) is 0. The average Bonchev–Trinajstić information content (AvgIpc) is 2.06. The molecular weight excluding hydrogens is 172 g/mol. The van der Waals surface area contributed by atoms with Crippen molar-refractivity contribution in [3.63, 3.8) is 0 Å². The molecule has 0 saturated carbocycles. The van der Waals surface area contributed by atoms with Crippen LogP contribution in [0.5, 0.6) is 0 Å². The van der Waals surface area contributed by atoms with Gasteiger partial charge in [0, 0.05) is 13.2 Å². The van der Waals surface area contributed by atoms with E-state index in [1.165, 1.54) is 5.94 Å². The molecular formula is C8H15O3Si. The Morgan fingerprint density at radius 3 is 1.92 bits per heavy atom. The van der Waals surface area contributed by atoms with E-state index in [0.717, 1.165) is 18.9 Å². The van der Waals surface area contributed by atoms with Gasteiger partial charge in [-0.05, 0) is 26.5 Å². The van der Waals surface area contributed by atoms with Crippen LogP contribution in [0.15, 0.2) is 5.70 Å². The van der Waals surface area contributed by atoms with Gasteiger partial charge in [-0.15, -0.1) is 0 Å². The van der Waals surface area contributed by atoms with E-state index in [4.69, 9.17) is 14.3 Å². The predicted octanol–water partition coefficient (Wildman–Crippen LogP) is 0.906. The fourth-order valence-corrected chi connectivity index (χ4v) is 0.518. The van der Waals surface area contributed by atoms with E-state index >= 15 is 0 Å². The lowest BCUT2D eigenvalue weighted by atomic mass is 10.7. The first-order valence-corrected chi connectivity index (χ1v) is 4.40. The van der Waals surface area contributed by atoms with E-state index in [1.807, 2.05) is 20.8 Å². The van der Waals surface area contributed by atoms with E-state index in [-0.39, 0.29) is 6.29 Å². The van der Waals surface area contributed by atoms with Crippen molar-refractivity contribution in [3.05, 3.63) is 5.70 Å². The Labute approximate surface area is 77.2 Å². The summed E-state index contributed by atoms with van der Waals surface area (Å²) in [7, 11) is 2.74. The van der Waals surface area contributed by atoms with Crippen LogP contribution < -0.4 is 0 Å². The highest BCUT2D eigenvalue weighted by molar-refractivity contribution is 6.20. The summed E-state index contributed by atoms with van der Waals surface area (Å²) in [6.45, 7) is 7.25. The van der Waals surface area contributed by atoms with Gasteiger partial charge in [0.2, 0.25) is 0 Å². The Hall–Kier alpha value is -0.413. The summed E-state index contributed by atoms with van der Waals surface area (Å²) in [4.78, 5) is 8.94. The van der Waals surface area contributed by atoms with Crippen molar-refractivity contribution >= 4 is 16.2 Å². The topological polar surface area (TPSA) is 35.5 Å². The van der Waals surface area contributed by atoms with Crippen LogP contribution in [0.1, 0.15) is 20.8 Å². The molecule has 0 aliphatic heterocycles. The lowest BCUT2D eigenvalue weighted by molar-refractivity contribution is -0.123. The van der Waals surface area contributed by atoms with Crippen LogP contribution in [0.3, 0.4) is 0 Å². The van der Waals surface area contributed by atoms with Crippen molar-refractivity contribution in [1.29, 1.82) is 0 Å². The third-order valence-corrected chi connectivity index (χ3v) is 0.980. The Kier molecular flexibility index (Phi) is 15.5. The zero-order chi connectivity index (χ0) is 9.82. The molecule has 0 atom stereocenters. The molecule has 0 aliphatic carbocycles. The zero-order valence-corrected chi connectivity index (χ0v) is 8.79. The highest BCUT2D eigenvalue weighted by atomic mass is 28.1. The quantitative estimate of drug-likeness (QED) is 0.373. The molecule has 0 amide bonds. The van der Waals surface area contributed by atoms with Crippen molar-refractivity contribution in [2.75, 3.05) is 13.2 Å². The molecule has 0 saturated heterocycles. The van der Waals surface area contributed by atoms with E-state index < -0.39 is 0 Å². The minimum atomic E-state index is -0.0370. The highest BCUT2D eigenvalue weighted by Gasteiger charge is 1.94. The van der Waals surface area contributed by atoms with Crippen molar-refractivity contribution in [2.24, 2.45) is 0 Å². The lowest BCUT2D eigenvalue weighted by Gasteiger charge is -2.09. The van der Waals surface area contributed by atoms with Crippen molar-refractivity contribution in [2.45, 2.75) is 27.1 Å². The van der Waals surface area contributed by atoms with Crippen LogP contribution in [0, 0.1) is 0 Å². The standard InChI is InChI=1S/C6H14O2.C2HOSi/c1-4-7-6(3)8-5-2;3-1-2-4/h6H,4-5H2,1-3H3;2H. The highest BCUT2D eigenvalue weighted by Crippen LogP contribution is 1.90. The third-order valence-electron chi connectivity index (χ3n) is 0.862. The van der Waals surface area contributed by atoms with Crippen LogP contribution in [0.2, 0.25) is 0 Å². The summed E-state index contributed by atoms with van der Waals surface area (Å²) < 4.78 is 10.1. The molecule has 0 bridgehead atoms. The first-order valence-electron chi connectivity index (χ1n) is 3.82. The van der Waals surface area contributed by atoms with Gasteiger partial charge in [0.15, 0.2) is 6.29 Å². The lowest BCUT2D eigenvalue weighted by Crippen LogP contribution is -2.11. The van der Waals surface area contributed by atoms with E-state index in [0.29, 0.717) is 0 Å². The summed E-state index contributed by atoms with van der Waals surface area (Å²) in [6, 6.07) is 0. The van der Waals surface area contributed by atoms with E-state index in [1.54, 1.807) is 0 Å². The number of ether oxygens (including phenoxy) is 2. The maximum Gasteiger partial charge on any atom is 0.154 e. The molecule has 0 fully saturated rings. The Morgan fingerprint density at radius 1 is 1.42 bits per heavy atom. The van der Waals surface area contributed by atoms with Crippen molar-refractivity contribution < 1.29 is 14.3 Å². The first-order chi connectivity index (χ1) is 5.72. The Morgan fingerprint density at radius 2 is 1.75 bits per heavy atom. The van der Waals surface area contributed by atoms with Crippen LogP contribution in [-0.2, 0) is 14.3 Å². The number of hydrogen-bond acceptors (Lipinski definition) is 3. The van der Waals surface area contributed by atoms with Crippen LogP contribution in [0.25, 0.3) is 0 Å².